The summed E-state index contributed by atoms with van der Waals surface area (Å²) in [6.07, 6.45) is 1.79. The van der Waals surface area contributed by atoms with Crippen molar-refractivity contribution in [2.45, 2.75) is 47.3 Å². The van der Waals surface area contributed by atoms with Crippen molar-refractivity contribution >= 4 is 29.4 Å². The summed E-state index contributed by atoms with van der Waals surface area (Å²) < 4.78 is 24.4. The number of nitrogens with zero attached hydrogens (tertiary/aromatic N) is 2. The van der Waals surface area contributed by atoms with Gasteiger partial charge in [0.15, 0.2) is 16.3 Å². The van der Waals surface area contributed by atoms with Gasteiger partial charge in [-0.05, 0) is 81.7 Å². The van der Waals surface area contributed by atoms with E-state index in [9.17, 15) is 14.4 Å². The molecule has 0 spiro atoms. The fraction of sp³-hybridized carbons (Fsp3) is 0.278. The summed E-state index contributed by atoms with van der Waals surface area (Å²) in [6.45, 7) is 10.4. The fourth-order valence-corrected chi connectivity index (χ4v) is 6.17. The molecule has 0 fully saturated rings. The molecule has 46 heavy (non-hydrogen) atoms. The lowest BCUT2D eigenvalue weighted by molar-refractivity contribution is -0.139. The third-order valence-corrected chi connectivity index (χ3v) is 8.32. The van der Waals surface area contributed by atoms with Crippen LogP contribution >= 0.6 is 11.3 Å². The summed E-state index contributed by atoms with van der Waals surface area (Å²) in [5, 5.41) is 0. The highest BCUT2D eigenvalue weighted by Crippen LogP contribution is 2.32. The van der Waals surface area contributed by atoms with E-state index in [1.807, 2.05) is 62.4 Å². The smallest absolute Gasteiger partial charge is 0.338 e. The maximum absolute atomic E-state index is 14.0. The minimum Gasteiger partial charge on any atom is -0.490 e. The molecule has 1 aromatic heterocycles. The van der Waals surface area contributed by atoms with Gasteiger partial charge < -0.3 is 18.9 Å². The van der Waals surface area contributed by atoms with E-state index in [1.54, 1.807) is 49.6 Å². The van der Waals surface area contributed by atoms with Gasteiger partial charge >= 0.3 is 11.9 Å². The predicted molar refractivity (Wildman–Crippen MR) is 176 cm³/mol. The molecule has 3 aromatic carbocycles. The summed E-state index contributed by atoms with van der Waals surface area (Å²) in [4.78, 5) is 44.2. The van der Waals surface area contributed by atoms with Gasteiger partial charge in [-0.25, -0.2) is 14.6 Å². The minimum atomic E-state index is -0.667. The zero-order valence-corrected chi connectivity index (χ0v) is 27.3. The number of allylic oxidation sites excluding steroid dienone is 1. The van der Waals surface area contributed by atoms with Gasteiger partial charge in [-0.15, -0.1) is 0 Å². The van der Waals surface area contributed by atoms with Crippen molar-refractivity contribution in [1.29, 1.82) is 0 Å². The Bertz CT molecular complexity index is 1960. The van der Waals surface area contributed by atoms with Crippen molar-refractivity contribution in [2.75, 3.05) is 19.8 Å². The first-order valence-electron chi connectivity index (χ1n) is 15.2. The number of carbonyl (C=O) groups excluding carboxylic acids is 2. The number of esters is 2. The van der Waals surface area contributed by atoms with Crippen LogP contribution in [-0.2, 0) is 20.9 Å². The number of rotatable bonds is 11. The topological polar surface area (TPSA) is 105 Å². The maximum atomic E-state index is 14.0. The normalized spacial score (nSPS) is 14.4. The zero-order chi connectivity index (χ0) is 32.8. The first-order valence-corrected chi connectivity index (χ1v) is 16.0. The van der Waals surface area contributed by atoms with Gasteiger partial charge in [-0.2, -0.15) is 0 Å². The van der Waals surface area contributed by atoms with Gasteiger partial charge in [0.1, 0.15) is 6.61 Å². The van der Waals surface area contributed by atoms with Gasteiger partial charge in [0.05, 0.1) is 47.2 Å². The van der Waals surface area contributed by atoms with E-state index < -0.39 is 12.0 Å². The Kier molecular flexibility index (Phi) is 10.2. The Labute approximate surface area is 271 Å². The number of aryl methyl sites for hydroxylation is 1. The molecule has 1 atom stereocenters. The fourth-order valence-electron chi connectivity index (χ4n) is 5.12. The Morgan fingerprint density at radius 2 is 1.54 bits per heavy atom. The van der Waals surface area contributed by atoms with E-state index in [2.05, 4.69) is 4.99 Å². The maximum Gasteiger partial charge on any atom is 0.338 e. The largest absolute Gasteiger partial charge is 0.490 e. The number of carbonyl (C=O) groups is 2. The molecule has 0 bridgehead atoms. The van der Waals surface area contributed by atoms with Crippen LogP contribution < -0.4 is 24.4 Å². The Morgan fingerprint density at radius 1 is 0.848 bits per heavy atom. The van der Waals surface area contributed by atoms with Gasteiger partial charge in [0.25, 0.3) is 5.56 Å². The highest BCUT2D eigenvalue weighted by molar-refractivity contribution is 7.07. The summed E-state index contributed by atoms with van der Waals surface area (Å²) in [5.74, 6) is 0.224. The Hall–Kier alpha value is -4.96. The molecule has 0 saturated heterocycles. The minimum absolute atomic E-state index is 0.213. The molecule has 4 aromatic rings. The number of aromatic nitrogens is 1. The van der Waals surface area contributed by atoms with E-state index in [4.69, 9.17) is 18.9 Å². The molecule has 1 aliphatic heterocycles. The number of fused-ring (bicyclic) bond motifs is 1. The molecule has 0 aliphatic carbocycles. The summed E-state index contributed by atoms with van der Waals surface area (Å²) >= 11 is 1.26. The van der Waals surface area contributed by atoms with Crippen LogP contribution in [0.1, 0.15) is 66.3 Å². The molecule has 0 radical (unpaired) electrons. The molecule has 9 nitrogen and oxygen atoms in total. The highest BCUT2D eigenvalue weighted by atomic mass is 32.1. The number of thiazole rings is 1. The second-order valence-corrected chi connectivity index (χ2v) is 11.6. The van der Waals surface area contributed by atoms with Crippen LogP contribution in [0.3, 0.4) is 0 Å². The lowest BCUT2D eigenvalue weighted by atomic mass is 9.95. The second-order valence-electron chi connectivity index (χ2n) is 10.6. The second kappa shape index (κ2) is 14.4. The third kappa shape index (κ3) is 6.97. The zero-order valence-electron chi connectivity index (χ0n) is 26.5. The predicted octanol–water partition coefficient (Wildman–Crippen LogP) is 5.26. The molecule has 0 saturated carbocycles. The quantitative estimate of drug-likeness (QED) is 0.206. The molecule has 1 aliphatic rings. The Morgan fingerprint density at radius 3 is 2.22 bits per heavy atom. The average molecular weight is 641 g/mol. The molecular formula is C36H36N2O7S. The van der Waals surface area contributed by atoms with Crippen molar-refractivity contribution in [3.05, 3.63) is 126 Å². The number of benzene rings is 3. The standard InChI is InChI=1S/C36H36N2O7S/c1-6-42-29-19-25(13-18-28(29)45-21-24-11-16-27(17-12-24)34(40)43-7-2)20-30-33(39)38-32(26-14-9-22(4)10-15-26)31(35(41)44-8-3)23(5)37-36(38)46-30/h9-20,32H,6-8,21H2,1-5H3/b30-20-/t32-/m1/s1. The van der Waals surface area contributed by atoms with E-state index in [0.717, 1.165) is 22.3 Å². The van der Waals surface area contributed by atoms with E-state index >= 15 is 0 Å². The first kappa shape index (κ1) is 32.4. The van der Waals surface area contributed by atoms with Crippen molar-refractivity contribution < 1.29 is 28.5 Å². The summed E-state index contributed by atoms with van der Waals surface area (Å²) in [6, 6.07) is 19.6. The van der Waals surface area contributed by atoms with Crippen LogP contribution in [0.4, 0.5) is 0 Å². The molecule has 5 rings (SSSR count). The van der Waals surface area contributed by atoms with Crippen LogP contribution in [0.2, 0.25) is 0 Å². The van der Waals surface area contributed by atoms with Crippen molar-refractivity contribution in [3.8, 4) is 11.5 Å². The van der Waals surface area contributed by atoms with Gasteiger partial charge in [0.2, 0.25) is 0 Å². The number of hydrogen-bond donors (Lipinski definition) is 0. The molecular weight excluding hydrogens is 604 g/mol. The van der Waals surface area contributed by atoms with Crippen LogP contribution in [0, 0.1) is 6.92 Å². The monoisotopic (exact) mass is 640 g/mol. The van der Waals surface area contributed by atoms with Gasteiger partial charge in [-0.3, -0.25) is 9.36 Å². The molecule has 0 N–H and O–H groups in total. The van der Waals surface area contributed by atoms with Crippen molar-refractivity contribution in [2.24, 2.45) is 4.99 Å². The SMILES string of the molecule is CCOC(=O)C1=C(C)N=c2s/c(=C\c3ccc(OCc4ccc(C(=O)OCC)cc4)c(OCC)c3)c(=O)n2[C@@H]1c1ccc(C)cc1. The van der Waals surface area contributed by atoms with Crippen LogP contribution in [-0.4, -0.2) is 36.3 Å². The molecule has 2 heterocycles. The van der Waals surface area contributed by atoms with Crippen LogP contribution in [0.25, 0.3) is 6.08 Å². The number of hydrogen-bond acceptors (Lipinski definition) is 9. The van der Waals surface area contributed by atoms with Crippen molar-refractivity contribution in [3.63, 3.8) is 0 Å². The van der Waals surface area contributed by atoms with E-state index in [0.29, 0.717) is 50.9 Å². The van der Waals surface area contributed by atoms with Crippen LogP contribution in [0.5, 0.6) is 11.5 Å². The Balaban J connectivity index is 1.47. The molecule has 0 unspecified atom stereocenters. The van der Waals surface area contributed by atoms with Gasteiger partial charge in [0, 0.05) is 0 Å². The van der Waals surface area contributed by atoms with E-state index in [1.165, 1.54) is 11.3 Å². The highest BCUT2D eigenvalue weighted by Gasteiger charge is 2.33. The lowest BCUT2D eigenvalue weighted by Crippen LogP contribution is -2.39. The molecule has 238 valence electrons. The van der Waals surface area contributed by atoms with E-state index in [-0.39, 0.29) is 24.7 Å². The van der Waals surface area contributed by atoms with Crippen molar-refractivity contribution in [1.82, 2.24) is 4.57 Å². The summed E-state index contributed by atoms with van der Waals surface area (Å²) in [7, 11) is 0. The summed E-state index contributed by atoms with van der Waals surface area (Å²) in [5.41, 5.74) is 4.58. The lowest BCUT2D eigenvalue weighted by Gasteiger charge is -2.24. The first-order chi connectivity index (χ1) is 22.2. The third-order valence-electron chi connectivity index (χ3n) is 7.33. The average Bonchev–Trinajstić information content (AvgIpc) is 3.34. The molecule has 10 heteroatoms. The van der Waals surface area contributed by atoms with Gasteiger partial charge in [-0.1, -0.05) is 59.4 Å². The molecule has 0 amide bonds. The number of ether oxygens (including phenoxy) is 4. The van der Waals surface area contributed by atoms with Crippen LogP contribution in [0.15, 0.2) is 87.8 Å².